The number of nitriles is 1. The first-order valence-electron chi connectivity index (χ1n) is 5.03. The third kappa shape index (κ3) is 3.22. The predicted octanol–water partition coefficient (Wildman–Crippen LogP) is 2.85. The first kappa shape index (κ1) is 13.3. The highest BCUT2D eigenvalue weighted by Crippen LogP contribution is 2.28. The molecule has 0 fully saturated rings. The fraction of sp³-hybridized carbons (Fsp3) is 0. The number of nitrogens with zero attached hydrogens (tertiary/aromatic N) is 3. The Kier molecular flexibility index (Phi) is 4.00. The second-order valence-electron chi connectivity index (χ2n) is 3.40. The fourth-order valence-corrected chi connectivity index (χ4v) is 2.24. The minimum atomic E-state index is -1.08. The Hall–Kier alpha value is -2.10. The molecule has 0 atom stereocenters. The van der Waals surface area contributed by atoms with Crippen LogP contribution in [0.4, 0.5) is 0 Å². The van der Waals surface area contributed by atoms with Gasteiger partial charge in [0.25, 0.3) is 0 Å². The summed E-state index contributed by atoms with van der Waals surface area (Å²) in [6.07, 6.45) is 2.81. The lowest BCUT2D eigenvalue weighted by Crippen LogP contribution is -1.97. The van der Waals surface area contributed by atoms with E-state index in [1.807, 2.05) is 6.07 Å². The second kappa shape index (κ2) is 5.69. The zero-order valence-corrected chi connectivity index (χ0v) is 10.9. The summed E-state index contributed by atoms with van der Waals surface area (Å²) in [6, 6.07) is 6.55. The van der Waals surface area contributed by atoms with Gasteiger partial charge in [0.1, 0.15) is 11.1 Å². The van der Waals surface area contributed by atoms with E-state index in [1.165, 1.54) is 36.3 Å². The third-order valence-electron chi connectivity index (χ3n) is 2.13. The van der Waals surface area contributed by atoms with Gasteiger partial charge in [-0.25, -0.2) is 14.8 Å². The van der Waals surface area contributed by atoms with Crippen LogP contribution < -0.4 is 0 Å². The van der Waals surface area contributed by atoms with Crippen molar-refractivity contribution in [3.8, 4) is 6.07 Å². The van der Waals surface area contributed by atoms with Crippen molar-refractivity contribution in [1.82, 2.24) is 9.97 Å². The summed E-state index contributed by atoms with van der Waals surface area (Å²) >= 11 is 7.02. The quantitative estimate of drug-likeness (QED) is 0.935. The lowest BCUT2D eigenvalue weighted by Gasteiger charge is -2.03. The van der Waals surface area contributed by atoms with Gasteiger partial charge in [-0.05, 0) is 18.2 Å². The summed E-state index contributed by atoms with van der Waals surface area (Å²) in [5.41, 5.74) is 0.264. The SMILES string of the molecule is N#Cc1cnc(Sc2ccc(Cl)c(C(=O)O)c2)cn1. The molecule has 2 aromatic rings. The number of carboxylic acids is 1. The van der Waals surface area contributed by atoms with Gasteiger partial charge >= 0.3 is 5.97 Å². The van der Waals surface area contributed by atoms with E-state index in [1.54, 1.807) is 6.07 Å². The van der Waals surface area contributed by atoms with Crippen LogP contribution in [0.5, 0.6) is 0 Å². The number of carbonyl (C=O) groups is 1. The van der Waals surface area contributed by atoms with Crippen LogP contribution in [0.25, 0.3) is 0 Å². The molecule has 0 aliphatic heterocycles. The van der Waals surface area contributed by atoms with Crippen molar-refractivity contribution < 1.29 is 9.90 Å². The Labute approximate surface area is 117 Å². The first-order valence-corrected chi connectivity index (χ1v) is 6.22. The number of hydrogen-bond donors (Lipinski definition) is 1. The fourth-order valence-electron chi connectivity index (χ4n) is 1.28. The van der Waals surface area contributed by atoms with E-state index in [0.717, 1.165) is 0 Å². The van der Waals surface area contributed by atoms with Crippen molar-refractivity contribution >= 4 is 29.3 Å². The Morgan fingerprint density at radius 2 is 2.16 bits per heavy atom. The van der Waals surface area contributed by atoms with Gasteiger partial charge in [0.15, 0.2) is 5.69 Å². The molecule has 0 aliphatic rings. The van der Waals surface area contributed by atoms with Gasteiger partial charge in [-0.3, -0.25) is 0 Å². The van der Waals surface area contributed by atoms with Crippen molar-refractivity contribution in [2.45, 2.75) is 9.92 Å². The maximum Gasteiger partial charge on any atom is 0.337 e. The molecule has 1 aromatic heterocycles. The second-order valence-corrected chi connectivity index (χ2v) is 4.90. The molecule has 0 unspecified atom stereocenters. The van der Waals surface area contributed by atoms with Crippen LogP contribution >= 0.6 is 23.4 Å². The van der Waals surface area contributed by atoms with Crippen LogP contribution in [-0.2, 0) is 0 Å². The van der Waals surface area contributed by atoms with Crippen molar-refractivity contribution in [3.05, 3.63) is 46.9 Å². The summed E-state index contributed by atoms with van der Waals surface area (Å²) in [6.45, 7) is 0. The van der Waals surface area contributed by atoms with Crippen LogP contribution in [0.1, 0.15) is 16.1 Å². The molecule has 94 valence electrons. The monoisotopic (exact) mass is 291 g/mol. The molecule has 0 saturated carbocycles. The predicted molar refractivity (Wildman–Crippen MR) is 69.3 cm³/mol. The summed E-state index contributed by atoms with van der Waals surface area (Å²) in [5, 5.41) is 18.3. The molecule has 0 amide bonds. The first-order chi connectivity index (χ1) is 9.10. The molecule has 0 spiro atoms. The van der Waals surface area contributed by atoms with Gasteiger partial charge in [-0.1, -0.05) is 23.4 Å². The molecule has 0 bridgehead atoms. The summed E-state index contributed by atoms with van der Waals surface area (Å²) in [7, 11) is 0. The Balaban J connectivity index is 2.25. The molecule has 19 heavy (non-hydrogen) atoms. The molecule has 0 radical (unpaired) electrons. The number of carboxylic acid groups (broad SMARTS) is 1. The summed E-state index contributed by atoms with van der Waals surface area (Å²) < 4.78 is 0. The van der Waals surface area contributed by atoms with Crippen LogP contribution in [0.3, 0.4) is 0 Å². The molecular formula is C12H6ClN3O2S. The van der Waals surface area contributed by atoms with Crippen molar-refractivity contribution in [1.29, 1.82) is 5.26 Å². The number of rotatable bonds is 3. The van der Waals surface area contributed by atoms with Crippen molar-refractivity contribution in [2.24, 2.45) is 0 Å². The molecule has 1 heterocycles. The molecule has 1 aromatic carbocycles. The normalized spacial score (nSPS) is 9.89. The molecule has 0 saturated heterocycles. The average molecular weight is 292 g/mol. The van der Waals surface area contributed by atoms with Crippen LogP contribution in [-0.4, -0.2) is 21.0 Å². The molecule has 1 N–H and O–H groups in total. The van der Waals surface area contributed by atoms with E-state index in [0.29, 0.717) is 9.92 Å². The van der Waals surface area contributed by atoms with E-state index >= 15 is 0 Å². The summed E-state index contributed by atoms with van der Waals surface area (Å²) in [4.78, 5) is 19.6. The van der Waals surface area contributed by atoms with Gasteiger partial charge in [0.2, 0.25) is 0 Å². The Morgan fingerprint density at radius 3 is 2.74 bits per heavy atom. The number of aromatic nitrogens is 2. The topological polar surface area (TPSA) is 86.9 Å². The Morgan fingerprint density at radius 1 is 1.37 bits per heavy atom. The van der Waals surface area contributed by atoms with Gasteiger partial charge in [-0.2, -0.15) is 5.26 Å². The van der Waals surface area contributed by atoms with E-state index in [9.17, 15) is 4.79 Å². The molecule has 2 rings (SSSR count). The largest absolute Gasteiger partial charge is 0.478 e. The zero-order chi connectivity index (χ0) is 13.8. The Bertz CT molecular complexity index is 668. The highest BCUT2D eigenvalue weighted by atomic mass is 35.5. The third-order valence-corrected chi connectivity index (χ3v) is 3.37. The average Bonchev–Trinajstić information content (AvgIpc) is 2.41. The van der Waals surface area contributed by atoms with E-state index in [-0.39, 0.29) is 16.3 Å². The summed E-state index contributed by atoms with van der Waals surface area (Å²) in [5.74, 6) is -1.08. The maximum atomic E-state index is 11.0. The van der Waals surface area contributed by atoms with Crippen LogP contribution in [0.15, 0.2) is 40.5 Å². The number of halogens is 1. The standard InChI is InChI=1S/C12H6ClN3O2S/c13-10-2-1-8(3-9(10)12(17)18)19-11-6-15-7(4-14)5-16-11/h1-3,5-6H,(H,17,18). The van der Waals surface area contributed by atoms with Crippen molar-refractivity contribution in [2.75, 3.05) is 0 Å². The minimum absolute atomic E-state index is 0.0354. The highest BCUT2D eigenvalue weighted by molar-refractivity contribution is 7.99. The minimum Gasteiger partial charge on any atom is -0.478 e. The molecule has 5 nitrogen and oxygen atoms in total. The van der Waals surface area contributed by atoms with E-state index in [4.69, 9.17) is 22.0 Å². The number of benzene rings is 1. The number of hydrogen-bond acceptors (Lipinski definition) is 5. The lowest BCUT2D eigenvalue weighted by molar-refractivity contribution is 0.0697. The van der Waals surface area contributed by atoms with Gasteiger partial charge in [0, 0.05) is 4.90 Å². The molecule has 0 aliphatic carbocycles. The zero-order valence-electron chi connectivity index (χ0n) is 9.37. The van der Waals surface area contributed by atoms with Gasteiger partial charge in [-0.15, -0.1) is 0 Å². The van der Waals surface area contributed by atoms with Gasteiger partial charge < -0.3 is 5.11 Å². The number of aromatic carboxylic acids is 1. The van der Waals surface area contributed by atoms with Crippen molar-refractivity contribution in [3.63, 3.8) is 0 Å². The van der Waals surface area contributed by atoms with Gasteiger partial charge in [0.05, 0.1) is 23.0 Å². The van der Waals surface area contributed by atoms with E-state index in [2.05, 4.69) is 9.97 Å². The van der Waals surface area contributed by atoms with Crippen LogP contribution in [0, 0.1) is 11.3 Å². The highest BCUT2D eigenvalue weighted by Gasteiger charge is 2.10. The molecule has 7 heteroatoms. The van der Waals surface area contributed by atoms with E-state index < -0.39 is 5.97 Å². The maximum absolute atomic E-state index is 11.0. The van der Waals surface area contributed by atoms with Crippen LogP contribution in [0.2, 0.25) is 5.02 Å². The smallest absolute Gasteiger partial charge is 0.337 e. The molecular weight excluding hydrogens is 286 g/mol. The lowest BCUT2D eigenvalue weighted by atomic mass is 10.2.